The number of fused-ring (bicyclic) bond motifs is 2. The van der Waals surface area contributed by atoms with Crippen molar-refractivity contribution in [2.75, 3.05) is 20.3 Å². The molecule has 0 amide bonds. The molecule has 1 heterocycles. The van der Waals surface area contributed by atoms with Gasteiger partial charge >= 0.3 is 5.97 Å². The van der Waals surface area contributed by atoms with E-state index in [4.69, 9.17) is 18.9 Å². The van der Waals surface area contributed by atoms with Crippen LogP contribution in [-0.2, 0) is 30.4 Å². The van der Waals surface area contributed by atoms with Gasteiger partial charge in [-0.3, -0.25) is 4.79 Å². The number of aliphatic hydroxyl groups excluding tert-OH is 1. The van der Waals surface area contributed by atoms with Crippen LogP contribution in [0.2, 0.25) is 0 Å². The molecule has 1 aromatic rings. The zero-order valence-electron chi connectivity index (χ0n) is 25.9. The molecule has 1 aromatic carbocycles. The minimum absolute atomic E-state index is 0.0624. The van der Waals surface area contributed by atoms with Gasteiger partial charge in [0.15, 0.2) is 6.29 Å². The number of aliphatic hydroxyl groups is 1. The normalized spacial score (nSPS) is 35.8. The maximum absolute atomic E-state index is 14.3. The number of methoxy groups -OCH3 is 1. The summed E-state index contributed by atoms with van der Waals surface area (Å²) in [5.41, 5.74) is 0.0443. The van der Waals surface area contributed by atoms with Crippen molar-refractivity contribution in [3.63, 3.8) is 0 Å². The van der Waals surface area contributed by atoms with Crippen LogP contribution in [0, 0.1) is 40.4 Å². The second-order valence-electron chi connectivity index (χ2n) is 13.5. The third kappa shape index (κ3) is 5.69. The van der Waals surface area contributed by atoms with Gasteiger partial charge in [0, 0.05) is 18.6 Å². The molecule has 4 aliphatic rings. The summed E-state index contributed by atoms with van der Waals surface area (Å²) in [6, 6.07) is 7.52. The molecule has 1 N–H and O–H groups in total. The number of allylic oxidation sites excluding steroid dienone is 1. The van der Waals surface area contributed by atoms with E-state index in [-0.39, 0.29) is 48.5 Å². The first-order chi connectivity index (χ1) is 20.3. The summed E-state index contributed by atoms with van der Waals surface area (Å²) < 4.78 is 23.0. The topological polar surface area (TPSA) is 91.3 Å². The first-order valence-corrected chi connectivity index (χ1v) is 16.2. The summed E-state index contributed by atoms with van der Waals surface area (Å²) >= 11 is 0. The Morgan fingerprint density at radius 3 is 2.62 bits per heavy atom. The molecule has 3 aliphatic carbocycles. The molecule has 7 nitrogen and oxygen atoms in total. The Morgan fingerprint density at radius 2 is 1.95 bits per heavy atom. The SMILES string of the molecule is COc1ccc(COC(=O)[C@@]23CC(C=C2C(C)C)C[C@]3(C=O)C2CC(O)C(C)C2CCCCOC2CCCCO2)cc1. The second kappa shape index (κ2) is 13.2. The molecule has 1 saturated heterocycles. The lowest BCUT2D eigenvalue weighted by Crippen LogP contribution is -2.53. The lowest BCUT2D eigenvalue weighted by Gasteiger charge is -2.49. The van der Waals surface area contributed by atoms with Crippen LogP contribution in [0.1, 0.15) is 84.1 Å². The number of esters is 1. The summed E-state index contributed by atoms with van der Waals surface area (Å²) in [5, 5.41) is 11.1. The predicted octanol–water partition coefficient (Wildman–Crippen LogP) is 6.26. The average Bonchev–Trinajstić information content (AvgIpc) is 3.65. The minimum Gasteiger partial charge on any atom is -0.497 e. The van der Waals surface area contributed by atoms with Crippen LogP contribution in [0.5, 0.6) is 5.75 Å². The molecule has 7 heteroatoms. The Kier molecular flexibility index (Phi) is 9.80. The van der Waals surface area contributed by atoms with E-state index in [1.54, 1.807) is 7.11 Å². The molecule has 5 rings (SSSR count). The van der Waals surface area contributed by atoms with Gasteiger partial charge in [0.2, 0.25) is 0 Å². The van der Waals surface area contributed by atoms with Gasteiger partial charge in [0.05, 0.1) is 13.2 Å². The molecule has 232 valence electrons. The summed E-state index contributed by atoms with van der Waals surface area (Å²) in [6.45, 7) is 7.91. The van der Waals surface area contributed by atoms with E-state index < -0.39 is 16.9 Å². The molecule has 42 heavy (non-hydrogen) atoms. The van der Waals surface area contributed by atoms with Crippen molar-refractivity contribution in [3.05, 3.63) is 41.5 Å². The monoisotopic (exact) mass is 582 g/mol. The molecular formula is C35H50O7. The number of carbonyl (C=O) groups excluding carboxylic acids is 2. The van der Waals surface area contributed by atoms with Crippen LogP contribution >= 0.6 is 0 Å². The fourth-order valence-corrected chi connectivity index (χ4v) is 8.84. The Bertz CT molecular complexity index is 1110. The van der Waals surface area contributed by atoms with Crippen molar-refractivity contribution in [1.29, 1.82) is 0 Å². The quantitative estimate of drug-likeness (QED) is 0.127. The smallest absolute Gasteiger partial charge is 0.317 e. The van der Waals surface area contributed by atoms with Crippen molar-refractivity contribution in [2.45, 2.75) is 97.6 Å². The van der Waals surface area contributed by atoms with Gasteiger partial charge in [0.25, 0.3) is 0 Å². The third-order valence-corrected chi connectivity index (χ3v) is 10.9. The zero-order chi connectivity index (χ0) is 29.9. The number of rotatable bonds is 13. The number of benzene rings is 1. The Hall–Kier alpha value is -2.22. The fraction of sp³-hybridized carbons (Fsp3) is 0.714. The van der Waals surface area contributed by atoms with Crippen LogP contribution < -0.4 is 4.74 Å². The van der Waals surface area contributed by atoms with E-state index in [1.807, 2.05) is 24.3 Å². The molecular weight excluding hydrogens is 532 g/mol. The first-order valence-electron chi connectivity index (χ1n) is 16.2. The first kappa shape index (κ1) is 31.2. The molecule has 0 spiro atoms. The summed E-state index contributed by atoms with van der Waals surface area (Å²) in [6.07, 6.45) is 10.5. The Morgan fingerprint density at radius 1 is 1.17 bits per heavy atom. The van der Waals surface area contributed by atoms with Crippen LogP contribution in [0.15, 0.2) is 35.9 Å². The fourth-order valence-electron chi connectivity index (χ4n) is 8.84. The van der Waals surface area contributed by atoms with Crippen LogP contribution in [-0.4, -0.2) is 50.1 Å². The van der Waals surface area contributed by atoms with Crippen molar-refractivity contribution in [1.82, 2.24) is 0 Å². The zero-order valence-corrected chi connectivity index (χ0v) is 25.9. The molecule has 6 unspecified atom stereocenters. The van der Waals surface area contributed by atoms with Gasteiger partial charge in [-0.05, 0) is 98.7 Å². The average molecular weight is 583 g/mol. The van der Waals surface area contributed by atoms with Crippen molar-refractivity contribution >= 4 is 12.3 Å². The number of ether oxygens (including phenoxy) is 4. The number of carbonyl (C=O) groups is 2. The molecule has 2 saturated carbocycles. The third-order valence-electron chi connectivity index (χ3n) is 10.9. The Labute approximate surface area is 251 Å². The van der Waals surface area contributed by atoms with Crippen LogP contribution in [0.25, 0.3) is 0 Å². The molecule has 8 atom stereocenters. The van der Waals surface area contributed by atoms with E-state index in [2.05, 4.69) is 26.8 Å². The molecule has 2 bridgehead atoms. The van der Waals surface area contributed by atoms with Gasteiger partial charge in [-0.25, -0.2) is 0 Å². The minimum atomic E-state index is -0.992. The highest BCUT2D eigenvalue weighted by molar-refractivity contribution is 5.89. The van der Waals surface area contributed by atoms with Gasteiger partial charge in [-0.2, -0.15) is 0 Å². The lowest BCUT2D eigenvalue weighted by molar-refractivity contribution is -0.167. The van der Waals surface area contributed by atoms with E-state index in [0.717, 1.165) is 68.3 Å². The largest absolute Gasteiger partial charge is 0.497 e. The maximum Gasteiger partial charge on any atom is 0.317 e. The van der Waals surface area contributed by atoms with Gasteiger partial charge < -0.3 is 28.8 Å². The molecule has 0 radical (unpaired) electrons. The number of unbranched alkanes of at least 4 members (excludes halogenated alkanes) is 1. The van der Waals surface area contributed by atoms with Crippen LogP contribution in [0.4, 0.5) is 0 Å². The van der Waals surface area contributed by atoms with E-state index in [9.17, 15) is 14.7 Å². The Balaban J connectivity index is 1.35. The summed E-state index contributed by atoms with van der Waals surface area (Å²) in [7, 11) is 1.62. The van der Waals surface area contributed by atoms with E-state index >= 15 is 0 Å². The molecule has 3 fully saturated rings. The van der Waals surface area contributed by atoms with Crippen LogP contribution in [0.3, 0.4) is 0 Å². The number of aldehydes is 1. The summed E-state index contributed by atoms with van der Waals surface area (Å²) in [5.74, 6) is 0.866. The van der Waals surface area contributed by atoms with E-state index in [0.29, 0.717) is 25.9 Å². The van der Waals surface area contributed by atoms with Gasteiger partial charge in [-0.1, -0.05) is 51.0 Å². The summed E-state index contributed by atoms with van der Waals surface area (Å²) in [4.78, 5) is 27.8. The lowest BCUT2D eigenvalue weighted by atomic mass is 9.52. The number of hydrogen-bond donors (Lipinski definition) is 1. The molecule has 1 aliphatic heterocycles. The highest BCUT2D eigenvalue weighted by Gasteiger charge is 2.72. The van der Waals surface area contributed by atoms with Crippen molar-refractivity contribution in [2.24, 2.45) is 40.4 Å². The van der Waals surface area contributed by atoms with Gasteiger partial charge in [-0.15, -0.1) is 0 Å². The van der Waals surface area contributed by atoms with E-state index in [1.165, 1.54) is 0 Å². The number of hydrogen-bond acceptors (Lipinski definition) is 7. The van der Waals surface area contributed by atoms with Gasteiger partial charge in [0.1, 0.15) is 24.1 Å². The highest BCUT2D eigenvalue weighted by Crippen LogP contribution is 2.71. The van der Waals surface area contributed by atoms with Crippen molar-refractivity contribution in [3.8, 4) is 5.75 Å². The highest BCUT2D eigenvalue weighted by atomic mass is 16.7. The van der Waals surface area contributed by atoms with Crippen molar-refractivity contribution < 1.29 is 33.6 Å². The molecule has 0 aromatic heterocycles. The maximum atomic E-state index is 14.3. The standard InChI is InChI=1S/C35H50O7/c1-23(2)29-17-26-19-34(22-36,35(29,20-26)33(38)42-21-25-11-13-27(39-4)14-12-25)30-18-31(37)24(3)28(30)9-5-7-15-40-32-10-6-8-16-41-32/h11-14,17,22-24,26,28,30-32,37H,5-10,15-16,18-21H2,1-4H3/t24?,26?,28?,30?,31?,32?,34-,35+/m0/s1. The predicted molar refractivity (Wildman–Crippen MR) is 160 cm³/mol. The second-order valence-corrected chi connectivity index (χ2v) is 13.5.